The molecule has 0 aliphatic heterocycles. The van der Waals surface area contributed by atoms with E-state index in [9.17, 15) is 13.2 Å². The maximum absolute atomic E-state index is 12.6. The van der Waals surface area contributed by atoms with Gasteiger partial charge in [0.15, 0.2) is 0 Å². The Kier molecular flexibility index (Phi) is 3.66. The van der Waals surface area contributed by atoms with Crippen LogP contribution >= 0.6 is 11.6 Å². The summed E-state index contributed by atoms with van der Waals surface area (Å²) < 4.78 is 42.9. The van der Waals surface area contributed by atoms with Gasteiger partial charge in [0.05, 0.1) is 18.3 Å². The number of anilines is 1. The van der Waals surface area contributed by atoms with Crippen LogP contribution in [0.5, 0.6) is 0 Å². The monoisotopic (exact) mass is 291 g/mol. The summed E-state index contributed by atoms with van der Waals surface area (Å²) in [5.41, 5.74) is -0.862. The third-order valence-electron chi connectivity index (χ3n) is 2.21. The first kappa shape index (κ1) is 13.7. The molecule has 0 spiro atoms. The Balaban J connectivity index is 2.14. The van der Waals surface area contributed by atoms with Crippen LogP contribution in [0.4, 0.5) is 19.0 Å². The number of aryl methyl sites for hydroxylation is 1. The van der Waals surface area contributed by atoms with E-state index < -0.39 is 11.7 Å². The summed E-state index contributed by atoms with van der Waals surface area (Å²) in [5, 5.41) is 2.44. The lowest BCUT2D eigenvalue weighted by atomic mass is 10.2. The smallest absolute Gasteiger partial charge is 0.416 e. The van der Waals surface area contributed by atoms with E-state index in [0.29, 0.717) is 11.7 Å². The van der Waals surface area contributed by atoms with Gasteiger partial charge in [0, 0.05) is 0 Å². The van der Waals surface area contributed by atoms with Crippen molar-refractivity contribution in [1.29, 1.82) is 0 Å². The second kappa shape index (κ2) is 5.08. The first-order valence-corrected chi connectivity index (χ1v) is 5.62. The number of hydrogen-bond donors (Lipinski definition) is 1. The Labute approximate surface area is 111 Å². The van der Waals surface area contributed by atoms with E-state index in [4.69, 9.17) is 16.0 Å². The fraction of sp³-hybridized carbons (Fsp3) is 0.273. The van der Waals surface area contributed by atoms with Gasteiger partial charge < -0.3 is 9.73 Å². The number of nitrogens with zero attached hydrogens (tertiary/aromatic N) is 2. The topological polar surface area (TPSA) is 51.0 Å². The van der Waals surface area contributed by atoms with Crippen LogP contribution in [0, 0.1) is 6.92 Å². The number of rotatable bonds is 3. The predicted molar refractivity (Wildman–Crippen MR) is 62.8 cm³/mol. The number of pyridine rings is 1. The van der Waals surface area contributed by atoms with E-state index in [2.05, 4.69) is 15.3 Å². The molecule has 0 aromatic carbocycles. The molecule has 0 aliphatic carbocycles. The molecule has 0 saturated heterocycles. The standard InChI is InChI=1S/C11H9ClF3N3O/c1-6-4-17-10(19-6)5-16-9-3-7(11(13,14)15)2-8(12)18-9/h2-4H,5H2,1H3,(H,16,18). The minimum atomic E-state index is -4.47. The van der Waals surface area contributed by atoms with E-state index in [0.717, 1.165) is 12.1 Å². The van der Waals surface area contributed by atoms with E-state index in [1.807, 2.05) is 0 Å². The third-order valence-corrected chi connectivity index (χ3v) is 2.40. The molecule has 0 fully saturated rings. The Morgan fingerprint density at radius 1 is 1.37 bits per heavy atom. The van der Waals surface area contributed by atoms with Crippen molar-refractivity contribution in [2.75, 3.05) is 5.32 Å². The van der Waals surface area contributed by atoms with Crippen molar-refractivity contribution in [3.8, 4) is 0 Å². The van der Waals surface area contributed by atoms with Crippen LogP contribution in [0.3, 0.4) is 0 Å². The Hall–Kier alpha value is -1.76. The number of oxazole rings is 1. The average Bonchev–Trinajstić information content (AvgIpc) is 2.71. The Morgan fingerprint density at radius 3 is 2.68 bits per heavy atom. The molecule has 0 aliphatic rings. The van der Waals surface area contributed by atoms with Crippen LogP contribution in [0.1, 0.15) is 17.2 Å². The van der Waals surface area contributed by atoms with Gasteiger partial charge in [-0.1, -0.05) is 11.6 Å². The fourth-order valence-corrected chi connectivity index (χ4v) is 1.61. The zero-order chi connectivity index (χ0) is 14.0. The number of aromatic nitrogens is 2. The van der Waals surface area contributed by atoms with Crippen LogP contribution in [0.15, 0.2) is 22.7 Å². The van der Waals surface area contributed by atoms with Gasteiger partial charge in [-0.3, -0.25) is 0 Å². The summed E-state index contributed by atoms with van der Waals surface area (Å²) in [7, 11) is 0. The molecule has 0 bridgehead atoms. The van der Waals surface area contributed by atoms with Crippen molar-refractivity contribution in [3.05, 3.63) is 40.7 Å². The maximum Gasteiger partial charge on any atom is 0.416 e. The first-order chi connectivity index (χ1) is 8.84. The average molecular weight is 292 g/mol. The van der Waals surface area contributed by atoms with Crippen molar-refractivity contribution in [3.63, 3.8) is 0 Å². The first-order valence-electron chi connectivity index (χ1n) is 5.24. The lowest BCUT2D eigenvalue weighted by molar-refractivity contribution is -0.137. The SMILES string of the molecule is Cc1cnc(CNc2cc(C(F)(F)F)cc(Cl)n2)o1. The predicted octanol–water partition coefficient (Wildman–Crippen LogP) is 3.66. The molecule has 2 heterocycles. The van der Waals surface area contributed by atoms with Gasteiger partial charge in [0.1, 0.15) is 16.7 Å². The van der Waals surface area contributed by atoms with E-state index >= 15 is 0 Å². The number of nitrogens with one attached hydrogen (secondary N) is 1. The second-order valence-electron chi connectivity index (χ2n) is 3.78. The van der Waals surface area contributed by atoms with Crippen LogP contribution in [0.25, 0.3) is 0 Å². The molecule has 4 nitrogen and oxygen atoms in total. The van der Waals surface area contributed by atoms with Gasteiger partial charge in [-0.15, -0.1) is 0 Å². The molecule has 0 saturated carbocycles. The fourth-order valence-electron chi connectivity index (χ4n) is 1.40. The number of alkyl halides is 3. The van der Waals surface area contributed by atoms with Crippen molar-refractivity contribution in [1.82, 2.24) is 9.97 Å². The lowest BCUT2D eigenvalue weighted by Crippen LogP contribution is -2.08. The maximum atomic E-state index is 12.6. The molecule has 1 N–H and O–H groups in total. The zero-order valence-corrected chi connectivity index (χ0v) is 10.5. The second-order valence-corrected chi connectivity index (χ2v) is 4.17. The Morgan fingerprint density at radius 2 is 2.11 bits per heavy atom. The van der Waals surface area contributed by atoms with Gasteiger partial charge in [0.2, 0.25) is 5.89 Å². The summed E-state index contributed by atoms with van der Waals surface area (Å²) in [4.78, 5) is 7.67. The molecule has 19 heavy (non-hydrogen) atoms. The number of halogens is 4. The molecule has 2 aromatic rings. The van der Waals surface area contributed by atoms with E-state index in [1.54, 1.807) is 6.92 Å². The van der Waals surface area contributed by atoms with Crippen molar-refractivity contribution in [2.45, 2.75) is 19.6 Å². The van der Waals surface area contributed by atoms with Gasteiger partial charge >= 0.3 is 6.18 Å². The normalized spacial score (nSPS) is 11.6. The largest absolute Gasteiger partial charge is 0.444 e. The molecule has 8 heteroatoms. The highest BCUT2D eigenvalue weighted by atomic mass is 35.5. The highest BCUT2D eigenvalue weighted by Gasteiger charge is 2.31. The van der Waals surface area contributed by atoms with E-state index in [1.165, 1.54) is 6.20 Å². The summed E-state index contributed by atoms with van der Waals surface area (Å²) in [6.07, 6.45) is -2.95. The summed E-state index contributed by atoms with van der Waals surface area (Å²) in [6, 6.07) is 1.64. The van der Waals surface area contributed by atoms with Gasteiger partial charge in [0.25, 0.3) is 0 Å². The van der Waals surface area contributed by atoms with Crippen LogP contribution in [-0.4, -0.2) is 9.97 Å². The van der Waals surface area contributed by atoms with E-state index in [-0.39, 0.29) is 17.5 Å². The molecular weight excluding hydrogens is 283 g/mol. The van der Waals surface area contributed by atoms with Gasteiger partial charge in [-0.05, 0) is 19.1 Å². The molecular formula is C11H9ClF3N3O. The highest BCUT2D eigenvalue weighted by molar-refractivity contribution is 6.29. The molecule has 2 rings (SSSR count). The van der Waals surface area contributed by atoms with Crippen molar-refractivity contribution < 1.29 is 17.6 Å². The Bertz CT molecular complexity index is 583. The van der Waals surface area contributed by atoms with Crippen LogP contribution in [-0.2, 0) is 12.7 Å². The van der Waals surface area contributed by atoms with Crippen LogP contribution in [0.2, 0.25) is 5.15 Å². The molecule has 0 amide bonds. The molecule has 0 atom stereocenters. The molecule has 0 radical (unpaired) electrons. The summed E-state index contributed by atoms with van der Waals surface area (Å²) >= 11 is 5.55. The third kappa shape index (κ3) is 3.60. The number of hydrogen-bond acceptors (Lipinski definition) is 4. The lowest BCUT2D eigenvalue weighted by Gasteiger charge is -2.09. The van der Waals surface area contributed by atoms with Gasteiger partial charge in [-0.25, -0.2) is 9.97 Å². The quantitative estimate of drug-likeness (QED) is 0.877. The minimum Gasteiger partial charge on any atom is -0.444 e. The van der Waals surface area contributed by atoms with Crippen molar-refractivity contribution in [2.24, 2.45) is 0 Å². The molecule has 0 unspecified atom stereocenters. The van der Waals surface area contributed by atoms with Gasteiger partial charge in [-0.2, -0.15) is 13.2 Å². The minimum absolute atomic E-state index is 0.00989. The molecule has 102 valence electrons. The highest BCUT2D eigenvalue weighted by Crippen LogP contribution is 2.31. The van der Waals surface area contributed by atoms with Crippen molar-refractivity contribution >= 4 is 17.4 Å². The zero-order valence-electron chi connectivity index (χ0n) is 9.75. The summed E-state index contributed by atoms with van der Waals surface area (Å²) in [6.45, 7) is 1.84. The molecule has 2 aromatic heterocycles. The van der Waals surface area contributed by atoms with Crippen LogP contribution < -0.4 is 5.32 Å². The summed E-state index contributed by atoms with van der Waals surface area (Å²) in [5.74, 6) is 0.982.